The zero-order valence-electron chi connectivity index (χ0n) is 4.15. The highest BCUT2D eigenvalue weighted by molar-refractivity contribution is 4.80. The molecule has 6 heavy (non-hydrogen) atoms. The molecule has 0 aromatic rings. The van der Waals surface area contributed by atoms with Crippen LogP contribution >= 0.6 is 0 Å². The molecule has 0 bridgehead atoms. The fraction of sp³-hybridized carbons (Fsp3) is 0.600. The van der Waals surface area contributed by atoms with Gasteiger partial charge in [0.15, 0.2) is 0 Å². The molecule has 0 aliphatic carbocycles. The van der Waals surface area contributed by atoms with Gasteiger partial charge in [0, 0.05) is 6.54 Å². The van der Waals surface area contributed by atoms with Gasteiger partial charge >= 0.3 is 0 Å². The number of hydrogen-bond acceptors (Lipinski definition) is 1. The van der Waals surface area contributed by atoms with Crippen molar-refractivity contribution in [2.24, 2.45) is 5.73 Å². The van der Waals surface area contributed by atoms with Crippen LogP contribution in [0.3, 0.4) is 0 Å². The molecular weight excluding hydrogens is 74.1 g/mol. The topological polar surface area (TPSA) is 26.0 Å². The largest absolute Gasteiger partial charge is 0.327 e. The van der Waals surface area contributed by atoms with Gasteiger partial charge in [-0.05, 0) is 6.42 Å². The summed E-state index contributed by atoms with van der Waals surface area (Å²) in [4.78, 5) is 0. The van der Waals surface area contributed by atoms with Crippen molar-refractivity contribution < 1.29 is 0 Å². The lowest BCUT2D eigenvalue weighted by Gasteiger charge is -1.73. The molecule has 0 amide bonds. The van der Waals surface area contributed by atoms with E-state index in [1.54, 1.807) is 0 Å². The van der Waals surface area contributed by atoms with Gasteiger partial charge in [-0.25, -0.2) is 0 Å². The van der Waals surface area contributed by atoms with Gasteiger partial charge < -0.3 is 5.73 Å². The fourth-order valence-corrected chi connectivity index (χ4v) is 0.263. The molecule has 0 unspecified atom stereocenters. The third kappa shape index (κ3) is 3.70. The summed E-state index contributed by atoms with van der Waals surface area (Å²) < 4.78 is 0. The summed E-state index contributed by atoms with van der Waals surface area (Å²) >= 11 is 0. The number of nitrogens with two attached hydrogens (primary N) is 1. The van der Waals surface area contributed by atoms with Crippen LogP contribution < -0.4 is 5.73 Å². The molecule has 0 saturated heterocycles. The van der Waals surface area contributed by atoms with E-state index in [2.05, 4.69) is 13.0 Å². The fourth-order valence-electron chi connectivity index (χ4n) is 0.263. The van der Waals surface area contributed by atoms with E-state index in [-0.39, 0.29) is 0 Å². The SMILES string of the molecule is CCC=CCN. The van der Waals surface area contributed by atoms with Crippen LogP contribution in [-0.4, -0.2) is 6.54 Å². The minimum absolute atomic E-state index is 0.674. The Kier molecular flexibility index (Phi) is 4.46. The Balaban J connectivity index is 2.73. The first-order valence-electron chi connectivity index (χ1n) is 2.27. The minimum Gasteiger partial charge on any atom is -0.327 e. The van der Waals surface area contributed by atoms with Crippen molar-refractivity contribution in [1.82, 2.24) is 0 Å². The van der Waals surface area contributed by atoms with Crippen LogP contribution in [0.4, 0.5) is 0 Å². The molecule has 0 rings (SSSR count). The van der Waals surface area contributed by atoms with Crippen molar-refractivity contribution >= 4 is 0 Å². The molecular formula is C5H11N. The van der Waals surface area contributed by atoms with Crippen LogP contribution in [0, 0.1) is 0 Å². The average Bonchev–Trinajstić information content (AvgIpc) is 1.61. The zero-order valence-corrected chi connectivity index (χ0v) is 4.15. The van der Waals surface area contributed by atoms with Gasteiger partial charge in [-0.3, -0.25) is 0 Å². The number of rotatable bonds is 2. The van der Waals surface area contributed by atoms with Crippen molar-refractivity contribution in [3.8, 4) is 0 Å². The Labute approximate surface area is 38.8 Å². The van der Waals surface area contributed by atoms with E-state index in [0.717, 1.165) is 6.42 Å². The maximum Gasteiger partial charge on any atom is 0.0106 e. The van der Waals surface area contributed by atoms with Crippen LogP contribution in [0.2, 0.25) is 0 Å². The van der Waals surface area contributed by atoms with E-state index in [1.807, 2.05) is 6.08 Å². The maximum atomic E-state index is 5.13. The molecule has 1 nitrogen and oxygen atoms in total. The summed E-state index contributed by atoms with van der Waals surface area (Å²) in [6, 6.07) is 0. The lowest BCUT2D eigenvalue weighted by molar-refractivity contribution is 1.17. The molecule has 0 spiro atoms. The Morgan fingerprint density at radius 3 is 2.33 bits per heavy atom. The first-order valence-corrected chi connectivity index (χ1v) is 2.27. The Morgan fingerprint density at radius 1 is 1.50 bits per heavy atom. The molecule has 0 fully saturated rings. The Bertz CT molecular complexity index is 33.2. The summed E-state index contributed by atoms with van der Waals surface area (Å²) in [5, 5.41) is 0. The zero-order chi connectivity index (χ0) is 4.83. The molecule has 2 N–H and O–H groups in total. The Morgan fingerprint density at radius 2 is 2.17 bits per heavy atom. The van der Waals surface area contributed by atoms with Gasteiger partial charge in [0.1, 0.15) is 0 Å². The smallest absolute Gasteiger partial charge is 0.0106 e. The summed E-state index contributed by atoms with van der Waals surface area (Å²) in [5.74, 6) is 0. The quantitative estimate of drug-likeness (QED) is 0.495. The third-order valence-electron chi connectivity index (χ3n) is 0.538. The van der Waals surface area contributed by atoms with Crippen molar-refractivity contribution in [2.75, 3.05) is 6.54 Å². The molecule has 0 aromatic heterocycles. The van der Waals surface area contributed by atoms with E-state index in [1.165, 1.54) is 0 Å². The maximum absolute atomic E-state index is 5.13. The van der Waals surface area contributed by atoms with Gasteiger partial charge in [-0.15, -0.1) is 0 Å². The normalized spacial score (nSPS) is 10.3. The van der Waals surface area contributed by atoms with E-state index in [9.17, 15) is 0 Å². The predicted molar refractivity (Wildman–Crippen MR) is 28.5 cm³/mol. The second-order valence-corrected chi connectivity index (χ2v) is 1.12. The van der Waals surface area contributed by atoms with Crippen LogP contribution in [-0.2, 0) is 0 Å². The van der Waals surface area contributed by atoms with E-state index < -0.39 is 0 Å². The number of allylic oxidation sites excluding steroid dienone is 1. The van der Waals surface area contributed by atoms with Crippen LogP contribution in [0.25, 0.3) is 0 Å². The molecule has 36 valence electrons. The van der Waals surface area contributed by atoms with Crippen molar-refractivity contribution in [3.05, 3.63) is 12.2 Å². The van der Waals surface area contributed by atoms with Gasteiger partial charge in [-0.2, -0.15) is 0 Å². The van der Waals surface area contributed by atoms with E-state index in [0.29, 0.717) is 6.54 Å². The average molecular weight is 85.2 g/mol. The van der Waals surface area contributed by atoms with Crippen LogP contribution in [0.5, 0.6) is 0 Å². The van der Waals surface area contributed by atoms with Crippen molar-refractivity contribution in [1.29, 1.82) is 0 Å². The molecule has 0 atom stereocenters. The van der Waals surface area contributed by atoms with Gasteiger partial charge in [-0.1, -0.05) is 19.1 Å². The lowest BCUT2D eigenvalue weighted by Crippen LogP contribution is -1.91. The summed E-state index contributed by atoms with van der Waals surface area (Å²) in [7, 11) is 0. The first-order chi connectivity index (χ1) is 2.91. The molecule has 0 radical (unpaired) electrons. The van der Waals surface area contributed by atoms with Crippen LogP contribution in [0.1, 0.15) is 13.3 Å². The van der Waals surface area contributed by atoms with Gasteiger partial charge in [0.05, 0.1) is 0 Å². The second-order valence-electron chi connectivity index (χ2n) is 1.12. The molecule has 0 aliphatic rings. The summed E-state index contributed by atoms with van der Waals surface area (Å²) in [6.07, 6.45) is 5.11. The minimum atomic E-state index is 0.674. The first kappa shape index (κ1) is 5.70. The highest BCUT2D eigenvalue weighted by Crippen LogP contribution is 1.73. The number of hydrogen-bond donors (Lipinski definition) is 1. The second kappa shape index (κ2) is 4.70. The standard InChI is InChI=1S/C5H11N/c1-2-3-4-5-6/h3-4H,2,5-6H2,1H3. The van der Waals surface area contributed by atoms with Gasteiger partial charge in [0.25, 0.3) is 0 Å². The van der Waals surface area contributed by atoms with E-state index in [4.69, 9.17) is 5.73 Å². The molecule has 0 aliphatic heterocycles. The third-order valence-corrected chi connectivity index (χ3v) is 0.538. The van der Waals surface area contributed by atoms with E-state index >= 15 is 0 Å². The highest BCUT2D eigenvalue weighted by atomic mass is 14.5. The highest BCUT2D eigenvalue weighted by Gasteiger charge is 1.59. The monoisotopic (exact) mass is 85.1 g/mol. The molecule has 0 saturated carbocycles. The van der Waals surface area contributed by atoms with Gasteiger partial charge in [0.2, 0.25) is 0 Å². The molecule has 0 heterocycles. The summed E-state index contributed by atoms with van der Waals surface area (Å²) in [5.41, 5.74) is 5.13. The Hall–Kier alpha value is -0.300. The lowest BCUT2D eigenvalue weighted by atomic mass is 10.4. The summed E-state index contributed by atoms with van der Waals surface area (Å²) in [6.45, 7) is 2.76. The molecule has 0 aromatic carbocycles. The van der Waals surface area contributed by atoms with Crippen molar-refractivity contribution in [3.63, 3.8) is 0 Å². The predicted octanol–water partition coefficient (Wildman–Crippen LogP) is 0.911. The molecule has 1 heteroatoms. The van der Waals surface area contributed by atoms with Crippen LogP contribution in [0.15, 0.2) is 12.2 Å². The van der Waals surface area contributed by atoms with Crippen molar-refractivity contribution in [2.45, 2.75) is 13.3 Å².